The summed E-state index contributed by atoms with van der Waals surface area (Å²) in [6.45, 7) is 10.6. The maximum absolute atomic E-state index is 4.77. The van der Waals surface area contributed by atoms with Gasteiger partial charge in [0.25, 0.3) is 0 Å². The number of allylic oxidation sites excluding steroid dienone is 1. The van der Waals surface area contributed by atoms with Gasteiger partial charge in [0.05, 0.1) is 5.69 Å². The summed E-state index contributed by atoms with van der Waals surface area (Å²) in [6, 6.07) is 10.0. The second kappa shape index (κ2) is 9.01. The van der Waals surface area contributed by atoms with Crippen molar-refractivity contribution in [3.63, 3.8) is 0 Å². The first-order valence-corrected chi connectivity index (χ1v) is 9.88. The Morgan fingerprint density at radius 3 is 2.96 bits per heavy atom. The van der Waals surface area contributed by atoms with Crippen molar-refractivity contribution in [2.24, 2.45) is 5.92 Å². The van der Waals surface area contributed by atoms with Crippen molar-refractivity contribution < 1.29 is 0 Å². The fourth-order valence-electron chi connectivity index (χ4n) is 2.99. The number of anilines is 2. The predicted octanol–water partition coefficient (Wildman–Crippen LogP) is 5.14. The van der Waals surface area contributed by atoms with Crippen molar-refractivity contribution in [2.45, 2.75) is 26.7 Å². The molecular formula is C21H26N4S. The fourth-order valence-corrected chi connectivity index (χ4v) is 3.97. The number of pyridine rings is 2. The average Bonchev–Trinajstić information content (AvgIpc) is 2.67. The molecule has 0 bridgehead atoms. The average molecular weight is 367 g/mol. The van der Waals surface area contributed by atoms with Gasteiger partial charge in [0.1, 0.15) is 11.6 Å². The van der Waals surface area contributed by atoms with Gasteiger partial charge < -0.3 is 10.6 Å². The van der Waals surface area contributed by atoms with Crippen molar-refractivity contribution in [1.82, 2.24) is 15.3 Å². The van der Waals surface area contributed by atoms with Gasteiger partial charge in [0.15, 0.2) is 0 Å². The number of hydrogen-bond acceptors (Lipinski definition) is 5. The summed E-state index contributed by atoms with van der Waals surface area (Å²) in [7, 11) is 0. The molecule has 0 spiro atoms. The Hall–Kier alpha value is -2.11. The van der Waals surface area contributed by atoms with E-state index in [1.807, 2.05) is 30.3 Å². The van der Waals surface area contributed by atoms with E-state index < -0.39 is 0 Å². The number of thioether (sulfide) groups is 1. The highest BCUT2D eigenvalue weighted by Crippen LogP contribution is 2.37. The molecule has 0 saturated carbocycles. The van der Waals surface area contributed by atoms with Gasteiger partial charge >= 0.3 is 0 Å². The molecule has 2 N–H and O–H groups in total. The molecule has 0 aliphatic carbocycles. The highest BCUT2D eigenvalue weighted by molar-refractivity contribution is 8.11. The van der Waals surface area contributed by atoms with E-state index in [0.29, 0.717) is 5.92 Å². The van der Waals surface area contributed by atoms with E-state index in [-0.39, 0.29) is 0 Å². The first-order valence-electron chi connectivity index (χ1n) is 9.06. The summed E-state index contributed by atoms with van der Waals surface area (Å²) < 4.78 is 0. The monoisotopic (exact) mass is 366 g/mol. The van der Waals surface area contributed by atoms with Crippen molar-refractivity contribution in [1.29, 1.82) is 0 Å². The van der Waals surface area contributed by atoms with E-state index in [0.717, 1.165) is 35.3 Å². The lowest BCUT2D eigenvalue weighted by molar-refractivity contribution is 0.435. The van der Waals surface area contributed by atoms with Gasteiger partial charge in [0.2, 0.25) is 0 Å². The summed E-state index contributed by atoms with van der Waals surface area (Å²) in [5.74, 6) is 2.13. The number of nitrogens with one attached hydrogen (secondary N) is 2. The first kappa shape index (κ1) is 18.7. The van der Waals surface area contributed by atoms with Crippen LogP contribution in [0.15, 0.2) is 54.1 Å². The lowest BCUT2D eigenvalue weighted by atomic mass is 10.00. The molecule has 2 aromatic rings. The Balaban J connectivity index is 1.71. The number of rotatable bonds is 6. The normalized spacial score (nSPS) is 17.8. The quantitative estimate of drug-likeness (QED) is 0.742. The van der Waals surface area contributed by atoms with Gasteiger partial charge in [-0.3, -0.25) is 0 Å². The minimum atomic E-state index is 0.529. The Bertz CT molecular complexity index is 794. The van der Waals surface area contributed by atoms with E-state index in [4.69, 9.17) is 4.98 Å². The van der Waals surface area contributed by atoms with Crippen LogP contribution in [0.3, 0.4) is 0 Å². The van der Waals surface area contributed by atoms with Crippen LogP contribution < -0.4 is 10.6 Å². The van der Waals surface area contributed by atoms with E-state index in [1.165, 1.54) is 23.3 Å². The van der Waals surface area contributed by atoms with Crippen LogP contribution in [0.4, 0.5) is 11.6 Å². The molecule has 136 valence electrons. The van der Waals surface area contributed by atoms with E-state index in [9.17, 15) is 0 Å². The molecule has 1 aliphatic heterocycles. The Kier molecular flexibility index (Phi) is 6.47. The third-order valence-corrected chi connectivity index (χ3v) is 5.69. The molecule has 1 atom stereocenters. The Morgan fingerprint density at radius 2 is 2.23 bits per heavy atom. The molecule has 3 heterocycles. The van der Waals surface area contributed by atoms with Crippen LogP contribution in [0, 0.1) is 12.8 Å². The van der Waals surface area contributed by atoms with E-state index in [2.05, 4.69) is 42.1 Å². The summed E-state index contributed by atoms with van der Waals surface area (Å²) in [4.78, 5) is 11.5. The summed E-state index contributed by atoms with van der Waals surface area (Å²) in [5.41, 5.74) is 2.13. The first-order chi connectivity index (χ1) is 12.7. The van der Waals surface area contributed by atoms with Gasteiger partial charge in [0, 0.05) is 23.6 Å². The van der Waals surface area contributed by atoms with Crippen LogP contribution in [-0.4, -0.2) is 23.1 Å². The molecule has 1 aliphatic rings. The van der Waals surface area contributed by atoms with Crippen molar-refractivity contribution >= 4 is 28.3 Å². The number of nitrogens with zero attached hydrogens (tertiary/aromatic N) is 2. The van der Waals surface area contributed by atoms with Crippen LogP contribution in [0.25, 0.3) is 4.91 Å². The molecule has 2 aromatic heterocycles. The highest BCUT2D eigenvalue weighted by atomic mass is 32.2. The maximum atomic E-state index is 4.77. The molecule has 1 fully saturated rings. The summed E-state index contributed by atoms with van der Waals surface area (Å²) in [6.07, 6.45) is 6.35. The molecule has 3 rings (SSSR count). The topological polar surface area (TPSA) is 49.8 Å². The van der Waals surface area contributed by atoms with Gasteiger partial charge in [-0.25, -0.2) is 9.97 Å². The second-order valence-corrected chi connectivity index (χ2v) is 7.68. The van der Waals surface area contributed by atoms with Gasteiger partial charge in [-0.2, -0.15) is 0 Å². The third kappa shape index (κ3) is 4.96. The van der Waals surface area contributed by atoms with Crippen LogP contribution in [0.1, 0.15) is 31.0 Å². The zero-order chi connectivity index (χ0) is 18.4. The van der Waals surface area contributed by atoms with Crippen molar-refractivity contribution in [2.75, 3.05) is 18.4 Å². The van der Waals surface area contributed by atoms with Crippen molar-refractivity contribution in [3.05, 3.63) is 65.3 Å². The lowest BCUT2D eigenvalue weighted by Gasteiger charge is -2.24. The standard InChI is InChI=1S/C21H26N4S/c1-4-19(26-16(3)17-7-6-11-22-14-17)18-8-5-9-20(24-18)25-21-13-15(2)10-12-23-21/h4-5,8-10,12-13,17,22H,3,6-7,11,14H2,1-2H3,(H,23,24,25)/b19-4-. The van der Waals surface area contributed by atoms with Crippen LogP contribution in [0.2, 0.25) is 0 Å². The number of aryl methyl sites for hydroxylation is 1. The third-order valence-electron chi connectivity index (χ3n) is 4.43. The fraction of sp³-hybridized carbons (Fsp3) is 0.333. The Morgan fingerprint density at radius 1 is 1.35 bits per heavy atom. The Labute approximate surface area is 160 Å². The minimum absolute atomic E-state index is 0.529. The second-order valence-electron chi connectivity index (χ2n) is 6.52. The smallest absolute Gasteiger partial charge is 0.132 e. The number of hydrogen-bond donors (Lipinski definition) is 2. The molecule has 1 unspecified atom stereocenters. The molecule has 5 heteroatoms. The molecule has 4 nitrogen and oxygen atoms in total. The minimum Gasteiger partial charge on any atom is -0.325 e. The molecule has 26 heavy (non-hydrogen) atoms. The maximum Gasteiger partial charge on any atom is 0.132 e. The number of aromatic nitrogens is 2. The molecule has 0 radical (unpaired) electrons. The van der Waals surface area contributed by atoms with Crippen molar-refractivity contribution in [3.8, 4) is 0 Å². The zero-order valence-electron chi connectivity index (χ0n) is 15.5. The van der Waals surface area contributed by atoms with E-state index >= 15 is 0 Å². The lowest BCUT2D eigenvalue weighted by Crippen LogP contribution is -2.30. The molecule has 0 aromatic carbocycles. The van der Waals surface area contributed by atoms with Crippen LogP contribution in [-0.2, 0) is 0 Å². The SMILES string of the molecule is C=C(S/C(=C\C)c1cccc(Nc2cc(C)ccn2)n1)C1CCCNC1. The zero-order valence-corrected chi connectivity index (χ0v) is 16.3. The van der Waals surface area contributed by atoms with E-state index in [1.54, 1.807) is 18.0 Å². The summed E-state index contributed by atoms with van der Waals surface area (Å²) >= 11 is 1.74. The largest absolute Gasteiger partial charge is 0.325 e. The molecular weight excluding hydrogens is 340 g/mol. The predicted molar refractivity (Wildman–Crippen MR) is 112 cm³/mol. The highest BCUT2D eigenvalue weighted by Gasteiger charge is 2.18. The molecule has 0 amide bonds. The molecule has 1 saturated heterocycles. The van der Waals surface area contributed by atoms with Crippen LogP contribution >= 0.6 is 11.8 Å². The van der Waals surface area contributed by atoms with Gasteiger partial charge in [-0.1, -0.05) is 30.5 Å². The number of piperidine rings is 1. The van der Waals surface area contributed by atoms with Gasteiger partial charge in [-0.15, -0.1) is 0 Å². The van der Waals surface area contributed by atoms with Gasteiger partial charge in [-0.05, 0) is 68.0 Å². The summed E-state index contributed by atoms with van der Waals surface area (Å²) in [5, 5.41) is 6.75. The van der Waals surface area contributed by atoms with Crippen LogP contribution in [0.5, 0.6) is 0 Å².